The highest BCUT2D eigenvalue weighted by molar-refractivity contribution is 5.78. The molecule has 1 aliphatic heterocycles. The van der Waals surface area contributed by atoms with Crippen LogP contribution in [0.4, 0.5) is 0 Å². The van der Waals surface area contributed by atoms with E-state index in [-0.39, 0.29) is 18.4 Å². The number of hydrogen-bond donors (Lipinski definition) is 0. The normalized spacial score (nSPS) is 19.9. The van der Waals surface area contributed by atoms with Gasteiger partial charge in [-0.3, -0.25) is 4.79 Å². The summed E-state index contributed by atoms with van der Waals surface area (Å²) in [5.74, 6) is 2.82. The number of piperidine rings is 1. The van der Waals surface area contributed by atoms with Gasteiger partial charge in [0.15, 0.2) is 12.4 Å². The monoisotopic (exact) mass is 413 g/mol. The maximum atomic E-state index is 12.6. The van der Waals surface area contributed by atoms with Crippen LogP contribution in [0.1, 0.15) is 56.2 Å². The van der Waals surface area contributed by atoms with E-state index >= 15 is 0 Å². The third-order valence-corrected chi connectivity index (χ3v) is 6.01. The second-order valence-corrected chi connectivity index (χ2v) is 8.30. The number of amides is 1. The summed E-state index contributed by atoms with van der Waals surface area (Å²) in [5, 5.41) is 4.11. The van der Waals surface area contributed by atoms with Gasteiger partial charge in [0.2, 0.25) is 5.89 Å². The van der Waals surface area contributed by atoms with Crippen molar-refractivity contribution in [3.63, 3.8) is 0 Å². The van der Waals surface area contributed by atoms with Crippen molar-refractivity contribution in [1.82, 2.24) is 15.0 Å². The number of nitrogens with zero attached hydrogens (tertiary/aromatic N) is 3. The quantitative estimate of drug-likeness (QED) is 0.585. The standard InChI is InChI=1S/C23H31N3O4/c27-22(17-29-20-10-2-1-3-11-20)26-13-6-9-19(15-26)23-24-21(25-30-23)12-14-28-16-18-7-4-5-8-18/h1-3,10-11,18-19H,4-9,12-17H2. The highest BCUT2D eigenvalue weighted by Gasteiger charge is 2.28. The van der Waals surface area contributed by atoms with Gasteiger partial charge in [-0.1, -0.05) is 36.2 Å². The lowest BCUT2D eigenvalue weighted by Gasteiger charge is -2.30. The van der Waals surface area contributed by atoms with Gasteiger partial charge in [0.25, 0.3) is 5.91 Å². The van der Waals surface area contributed by atoms with Crippen LogP contribution in [0.25, 0.3) is 0 Å². The fourth-order valence-electron chi connectivity index (χ4n) is 4.28. The third kappa shape index (κ3) is 5.81. The van der Waals surface area contributed by atoms with E-state index in [0.29, 0.717) is 37.0 Å². The summed E-state index contributed by atoms with van der Waals surface area (Å²) in [7, 11) is 0. The van der Waals surface area contributed by atoms with Gasteiger partial charge in [0.1, 0.15) is 5.75 Å². The zero-order valence-electron chi connectivity index (χ0n) is 17.5. The van der Waals surface area contributed by atoms with Crippen molar-refractivity contribution >= 4 is 5.91 Å². The van der Waals surface area contributed by atoms with Gasteiger partial charge in [-0.25, -0.2) is 0 Å². The van der Waals surface area contributed by atoms with E-state index in [4.69, 9.17) is 14.0 Å². The van der Waals surface area contributed by atoms with Crippen LogP contribution in [-0.4, -0.2) is 53.9 Å². The average Bonchev–Trinajstić information content (AvgIpc) is 3.48. The third-order valence-electron chi connectivity index (χ3n) is 6.01. The van der Waals surface area contributed by atoms with Crippen LogP contribution in [0.3, 0.4) is 0 Å². The number of likely N-dealkylation sites (tertiary alicyclic amines) is 1. The van der Waals surface area contributed by atoms with E-state index < -0.39 is 0 Å². The highest BCUT2D eigenvalue weighted by atomic mass is 16.5. The Balaban J connectivity index is 1.21. The summed E-state index contributed by atoms with van der Waals surface area (Å²) < 4.78 is 16.9. The first kappa shape index (κ1) is 20.8. The van der Waals surface area contributed by atoms with Crippen LogP contribution < -0.4 is 4.74 Å². The Kier molecular flexibility index (Phi) is 7.34. The second kappa shape index (κ2) is 10.6. The molecule has 2 heterocycles. The van der Waals surface area contributed by atoms with Gasteiger partial charge >= 0.3 is 0 Å². The molecule has 30 heavy (non-hydrogen) atoms. The van der Waals surface area contributed by atoms with Crippen LogP contribution in [-0.2, 0) is 16.0 Å². The summed E-state index contributed by atoms with van der Waals surface area (Å²) in [5.41, 5.74) is 0. The maximum absolute atomic E-state index is 12.6. The Bertz CT molecular complexity index is 789. The van der Waals surface area contributed by atoms with E-state index in [2.05, 4.69) is 10.1 Å². The molecular formula is C23H31N3O4. The minimum absolute atomic E-state index is 0.0106. The van der Waals surface area contributed by atoms with Gasteiger partial charge in [-0.2, -0.15) is 4.98 Å². The van der Waals surface area contributed by atoms with Crippen LogP contribution >= 0.6 is 0 Å². The zero-order valence-corrected chi connectivity index (χ0v) is 17.5. The molecule has 7 nitrogen and oxygen atoms in total. The molecule has 2 fully saturated rings. The van der Waals surface area contributed by atoms with E-state index in [9.17, 15) is 4.79 Å². The summed E-state index contributed by atoms with van der Waals surface area (Å²) in [6, 6.07) is 9.41. The SMILES string of the molecule is O=C(COc1ccccc1)N1CCCC(c2nc(CCOCC3CCCC3)no2)C1. The van der Waals surface area contributed by atoms with Gasteiger partial charge in [0.05, 0.1) is 12.5 Å². The van der Waals surface area contributed by atoms with Gasteiger partial charge in [-0.05, 0) is 43.7 Å². The van der Waals surface area contributed by atoms with Gasteiger partial charge in [-0.15, -0.1) is 0 Å². The van der Waals surface area contributed by atoms with Crippen molar-refractivity contribution in [3.8, 4) is 5.75 Å². The summed E-state index contributed by atoms with van der Waals surface area (Å²) >= 11 is 0. The van der Waals surface area contributed by atoms with E-state index in [1.165, 1.54) is 25.7 Å². The largest absolute Gasteiger partial charge is 0.484 e. The fraction of sp³-hybridized carbons (Fsp3) is 0.609. The number of hydrogen-bond acceptors (Lipinski definition) is 6. The smallest absolute Gasteiger partial charge is 0.260 e. The Hall–Kier alpha value is -2.41. The van der Waals surface area contributed by atoms with Crippen molar-refractivity contribution in [1.29, 1.82) is 0 Å². The second-order valence-electron chi connectivity index (χ2n) is 8.30. The van der Waals surface area contributed by atoms with E-state index in [1.807, 2.05) is 35.2 Å². The minimum Gasteiger partial charge on any atom is -0.484 e. The molecule has 0 N–H and O–H groups in total. The maximum Gasteiger partial charge on any atom is 0.260 e. The lowest BCUT2D eigenvalue weighted by Crippen LogP contribution is -2.41. The lowest BCUT2D eigenvalue weighted by atomic mass is 9.98. The predicted molar refractivity (Wildman–Crippen MR) is 111 cm³/mol. The first-order chi connectivity index (χ1) is 14.8. The molecule has 0 bridgehead atoms. The number of benzene rings is 1. The number of para-hydroxylation sites is 1. The molecule has 0 spiro atoms. The van der Waals surface area contributed by atoms with E-state index in [0.717, 1.165) is 31.9 Å². The van der Waals surface area contributed by atoms with Crippen LogP contribution in [0.5, 0.6) is 5.75 Å². The molecule has 7 heteroatoms. The molecular weight excluding hydrogens is 382 g/mol. The van der Waals surface area contributed by atoms with Crippen molar-refractivity contribution in [2.24, 2.45) is 5.92 Å². The van der Waals surface area contributed by atoms with E-state index in [1.54, 1.807) is 0 Å². The Morgan fingerprint density at radius 3 is 2.80 bits per heavy atom. The van der Waals surface area contributed by atoms with Gasteiger partial charge in [0, 0.05) is 26.1 Å². The Morgan fingerprint density at radius 2 is 1.97 bits per heavy atom. The summed E-state index contributed by atoms with van der Waals surface area (Å²) in [4.78, 5) is 19.0. The van der Waals surface area contributed by atoms with Crippen molar-refractivity contribution in [2.75, 3.05) is 32.9 Å². The van der Waals surface area contributed by atoms with Crippen molar-refractivity contribution in [3.05, 3.63) is 42.0 Å². The molecule has 1 aliphatic carbocycles. The molecule has 1 saturated heterocycles. The number of carbonyl (C=O) groups is 1. The van der Waals surface area contributed by atoms with Crippen LogP contribution in [0, 0.1) is 5.92 Å². The van der Waals surface area contributed by atoms with Gasteiger partial charge < -0.3 is 18.9 Å². The lowest BCUT2D eigenvalue weighted by molar-refractivity contribution is -0.134. The molecule has 2 aromatic rings. The molecule has 1 aromatic heterocycles. The summed E-state index contributed by atoms with van der Waals surface area (Å²) in [6.07, 6.45) is 7.78. The molecule has 0 radical (unpaired) electrons. The number of ether oxygens (including phenoxy) is 2. The Morgan fingerprint density at radius 1 is 1.13 bits per heavy atom. The number of aromatic nitrogens is 2. The van der Waals surface area contributed by atoms with Crippen molar-refractivity contribution in [2.45, 2.75) is 50.9 Å². The molecule has 1 amide bonds. The first-order valence-electron chi connectivity index (χ1n) is 11.1. The first-order valence-corrected chi connectivity index (χ1v) is 11.1. The summed E-state index contributed by atoms with van der Waals surface area (Å²) in [6.45, 7) is 2.85. The van der Waals surface area contributed by atoms with Crippen LogP contribution in [0.15, 0.2) is 34.9 Å². The van der Waals surface area contributed by atoms with Crippen molar-refractivity contribution < 1.29 is 18.8 Å². The zero-order chi connectivity index (χ0) is 20.6. The molecule has 1 aromatic carbocycles. The number of carbonyl (C=O) groups excluding carboxylic acids is 1. The molecule has 1 saturated carbocycles. The molecule has 162 valence electrons. The molecule has 4 rings (SSSR count). The molecule has 1 unspecified atom stereocenters. The molecule has 1 atom stereocenters. The predicted octanol–water partition coefficient (Wildman–Crippen LogP) is 3.60. The topological polar surface area (TPSA) is 77.7 Å². The number of rotatable bonds is 9. The fourth-order valence-corrected chi connectivity index (χ4v) is 4.28. The van der Waals surface area contributed by atoms with Crippen LogP contribution in [0.2, 0.25) is 0 Å². The minimum atomic E-state index is -0.0106. The average molecular weight is 414 g/mol. The molecule has 2 aliphatic rings. The Labute approximate surface area is 177 Å². The highest BCUT2D eigenvalue weighted by Crippen LogP contribution is 2.26.